The largest absolute Gasteiger partial charge is 0.453 e. The molecule has 196 valence electrons. The molecule has 2 amide bonds. The predicted molar refractivity (Wildman–Crippen MR) is 132 cm³/mol. The van der Waals surface area contributed by atoms with Gasteiger partial charge in [-0.05, 0) is 55.7 Å². The number of nitrogens with two attached hydrogens (primary N) is 1. The molecule has 2 saturated heterocycles. The van der Waals surface area contributed by atoms with Crippen LogP contribution in [0.1, 0.15) is 43.8 Å². The van der Waals surface area contributed by atoms with Gasteiger partial charge in [-0.3, -0.25) is 0 Å². The van der Waals surface area contributed by atoms with Gasteiger partial charge in [-0.15, -0.1) is 0 Å². The first kappa shape index (κ1) is 27.5. The van der Waals surface area contributed by atoms with Crippen LogP contribution in [0.4, 0.5) is 9.59 Å². The fourth-order valence-corrected chi connectivity index (χ4v) is 4.98. The van der Waals surface area contributed by atoms with E-state index >= 15 is 0 Å². The van der Waals surface area contributed by atoms with Gasteiger partial charge >= 0.3 is 12.2 Å². The van der Waals surface area contributed by atoms with E-state index in [1.54, 1.807) is 4.90 Å². The fourth-order valence-electron chi connectivity index (χ4n) is 4.78. The highest BCUT2D eigenvalue weighted by Crippen LogP contribution is 2.34. The summed E-state index contributed by atoms with van der Waals surface area (Å²) in [6.07, 6.45) is 3.56. The number of rotatable bonds is 10. The molecule has 0 aromatic heterocycles. The molecule has 0 spiro atoms. The number of hydrogen-bond donors (Lipinski definition) is 2. The van der Waals surface area contributed by atoms with Crippen LogP contribution in [-0.2, 0) is 18.9 Å². The number of halogens is 1. The SMILES string of the molecule is COC(=O)NCCO[C@@H](c1cccc(Cl)c1)[C@@H]1CCCN(C(=O)OC[C@@H](N)C[C@H]2CCCOC2)C1. The summed E-state index contributed by atoms with van der Waals surface area (Å²) in [5.41, 5.74) is 7.16. The summed E-state index contributed by atoms with van der Waals surface area (Å²) in [4.78, 5) is 25.9. The number of ether oxygens (including phenoxy) is 4. The quantitative estimate of drug-likeness (QED) is 0.460. The molecular weight excluding hydrogens is 474 g/mol. The molecular formula is C25H38ClN3O6. The van der Waals surface area contributed by atoms with Crippen LogP contribution in [0.3, 0.4) is 0 Å². The van der Waals surface area contributed by atoms with Crippen molar-refractivity contribution in [2.75, 3.05) is 53.2 Å². The number of likely N-dealkylation sites (tertiary alicyclic amines) is 1. The van der Waals surface area contributed by atoms with Crippen LogP contribution in [0, 0.1) is 11.8 Å². The van der Waals surface area contributed by atoms with E-state index in [2.05, 4.69) is 10.1 Å². The summed E-state index contributed by atoms with van der Waals surface area (Å²) in [6.45, 7) is 3.50. The van der Waals surface area contributed by atoms with Gasteiger partial charge in [0.1, 0.15) is 6.61 Å². The molecule has 0 unspecified atom stereocenters. The van der Waals surface area contributed by atoms with E-state index in [0.29, 0.717) is 37.2 Å². The molecule has 2 fully saturated rings. The zero-order chi connectivity index (χ0) is 25.0. The van der Waals surface area contributed by atoms with E-state index in [4.69, 9.17) is 31.5 Å². The van der Waals surface area contributed by atoms with Crippen molar-refractivity contribution in [1.82, 2.24) is 10.2 Å². The average Bonchev–Trinajstić information content (AvgIpc) is 2.87. The third-order valence-electron chi connectivity index (χ3n) is 6.49. The first-order chi connectivity index (χ1) is 17.0. The van der Waals surface area contributed by atoms with Gasteiger partial charge in [0.05, 0.1) is 19.8 Å². The minimum absolute atomic E-state index is 0.0564. The van der Waals surface area contributed by atoms with E-state index in [0.717, 1.165) is 50.9 Å². The maximum Gasteiger partial charge on any atom is 0.409 e. The van der Waals surface area contributed by atoms with Crippen molar-refractivity contribution in [1.29, 1.82) is 0 Å². The molecule has 1 aromatic rings. The molecule has 3 N–H and O–H groups in total. The highest BCUT2D eigenvalue weighted by atomic mass is 35.5. The van der Waals surface area contributed by atoms with Gasteiger partial charge in [0.25, 0.3) is 0 Å². The number of nitrogens with one attached hydrogen (secondary N) is 1. The highest BCUT2D eigenvalue weighted by Gasteiger charge is 2.32. The van der Waals surface area contributed by atoms with Crippen molar-refractivity contribution >= 4 is 23.8 Å². The summed E-state index contributed by atoms with van der Waals surface area (Å²) in [5, 5.41) is 3.24. The number of hydrogen-bond acceptors (Lipinski definition) is 7. The maximum absolute atomic E-state index is 12.8. The summed E-state index contributed by atoms with van der Waals surface area (Å²) in [5.74, 6) is 0.488. The summed E-state index contributed by atoms with van der Waals surface area (Å²) in [7, 11) is 1.32. The Labute approximate surface area is 212 Å². The minimum atomic E-state index is -0.506. The Morgan fingerprint density at radius 3 is 2.91 bits per heavy atom. The lowest BCUT2D eigenvalue weighted by molar-refractivity contribution is -0.0150. The number of alkyl carbamates (subject to hydrolysis) is 1. The topological polar surface area (TPSA) is 112 Å². The van der Waals surface area contributed by atoms with Gasteiger partial charge in [-0.1, -0.05) is 23.7 Å². The van der Waals surface area contributed by atoms with E-state index in [1.807, 2.05) is 24.3 Å². The molecule has 35 heavy (non-hydrogen) atoms. The lowest BCUT2D eigenvalue weighted by Gasteiger charge is -2.36. The molecule has 4 atom stereocenters. The number of benzene rings is 1. The Morgan fingerprint density at radius 1 is 1.31 bits per heavy atom. The average molecular weight is 512 g/mol. The Hall–Kier alpha value is -2.07. The molecule has 0 bridgehead atoms. The monoisotopic (exact) mass is 511 g/mol. The summed E-state index contributed by atoms with van der Waals surface area (Å²) < 4.78 is 21.9. The first-order valence-electron chi connectivity index (χ1n) is 12.4. The zero-order valence-electron chi connectivity index (χ0n) is 20.5. The van der Waals surface area contributed by atoms with Crippen LogP contribution in [0.15, 0.2) is 24.3 Å². The molecule has 2 heterocycles. The van der Waals surface area contributed by atoms with E-state index in [-0.39, 0.29) is 30.8 Å². The standard InChI is InChI=1S/C25H38ClN3O6/c1-32-24(30)28-9-12-34-23(19-6-2-8-21(26)14-19)20-7-3-10-29(15-20)25(31)35-17-22(27)13-18-5-4-11-33-16-18/h2,6,8,14,18,20,22-23H,3-5,7,9-13,15-17,27H2,1H3,(H,28,30)/t18-,20-,22+,23+/m1/s1. The van der Waals surface area contributed by atoms with Gasteiger partial charge in [0.15, 0.2) is 0 Å². The van der Waals surface area contributed by atoms with Gasteiger partial charge in [-0.2, -0.15) is 0 Å². The van der Waals surface area contributed by atoms with E-state index < -0.39 is 6.09 Å². The third kappa shape index (κ3) is 9.14. The van der Waals surface area contributed by atoms with Crippen molar-refractivity contribution in [3.05, 3.63) is 34.9 Å². The minimum Gasteiger partial charge on any atom is -0.453 e. The van der Waals surface area contributed by atoms with Crippen LogP contribution in [0.5, 0.6) is 0 Å². The second-order valence-electron chi connectivity index (χ2n) is 9.27. The molecule has 0 saturated carbocycles. The molecule has 9 nitrogen and oxygen atoms in total. The number of nitrogens with zero attached hydrogens (tertiary/aromatic N) is 1. The van der Waals surface area contributed by atoms with E-state index in [1.165, 1.54) is 7.11 Å². The Morgan fingerprint density at radius 2 is 2.17 bits per heavy atom. The highest BCUT2D eigenvalue weighted by molar-refractivity contribution is 6.30. The second-order valence-corrected chi connectivity index (χ2v) is 9.71. The summed E-state index contributed by atoms with van der Waals surface area (Å²) >= 11 is 6.24. The smallest absolute Gasteiger partial charge is 0.409 e. The van der Waals surface area contributed by atoms with Crippen molar-refractivity contribution < 1.29 is 28.5 Å². The molecule has 0 aliphatic carbocycles. The second kappa shape index (κ2) is 14.5. The van der Waals surface area contributed by atoms with Crippen LogP contribution >= 0.6 is 11.6 Å². The van der Waals surface area contributed by atoms with Crippen molar-refractivity contribution in [3.63, 3.8) is 0 Å². The van der Waals surface area contributed by atoms with Crippen LogP contribution in [0.25, 0.3) is 0 Å². The molecule has 1 aromatic carbocycles. The van der Waals surface area contributed by atoms with E-state index in [9.17, 15) is 9.59 Å². The lowest BCUT2D eigenvalue weighted by atomic mass is 9.88. The molecule has 3 rings (SSSR count). The van der Waals surface area contributed by atoms with Crippen LogP contribution < -0.4 is 11.1 Å². The fraction of sp³-hybridized carbons (Fsp3) is 0.680. The third-order valence-corrected chi connectivity index (χ3v) is 6.72. The van der Waals surface area contributed by atoms with Gasteiger partial charge in [0.2, 0.25) is 0 Å². The lowest BCUT2D eigenvalue weighted by Crippen LogP contribution is -2.44. The molecule has 0 radical (unpaired) electrons. The number of carbonyl (C=O) groups is 2. The molecule has 2 aliphatic rings. The first-order valence-corrected chi connectivity index (χ1v) is 12.8. The number of amides is 2. The number of carbonyl (C=O) groups excluding carboxylic acids is 2. The van der Waals surface area contributed by atoms with Gasteiger partial charge < -0.3 is 34.9 Å². The van der Waals surface area contributed by atoms with Crippen molar-refractivity contribution in [2.45, 2.75) is 44.2 Å². The maximum atomic E-state index is 12.8. The molecule has 10 heteroatoms. The number of methoxy groups -OCH3 is 1. The van der Waals surface area contributed by atoms with Crippen LogP contribution in [0.2, 0.25) is 5.02 Å². The van der Waals surface area contributed by atoms with Gasteiger partial charge in [0, 0.05) is 49.8 Å². The van der Waals surface area contributed by atoms with Crippen LogP contribution in [-0.4, -0.2) is 76.3 Å². The normalized spacial score (nSPS) is 22.2. The van der Waals surface area contributed by atoms with Crippen molar-refractivity contribution in [3.8, 4) is 0 Å². The Balaban J connectivity index is 1.54. The van der Waals surface area contributed by atoms with Gasteiger partial charge in [-0.25, -0.2) is 9.59 Å². The molecule has 2 aliphatic heterocycles. The predicted octanol–water partition coefficient (Wildman–Crippen LogP) is 3.75. The Bertz CT molecular complexity index is 807. The zero-order valence-corrected chi connectivity index (χ0v) is 21.2. The Kier molecular flexibility index (Phi) is 11.4. The number of piperidine rings is 1. The van der Waals surface area contributed by atoms with Crippen molar-refractivity contribution in [2.24, 2.45) is 17.6 Å². The summed E-state index contributed by atoms with van der Waals surface area (Å²) in [6, 6.07) is 7.35.